The average Bonchev–Trinajstić information content (AvgIpc) is 2.67. The van der Waals surface area contributed by atoms with Gasteiger partial charge in [-0.15, -0.1) is 0 Å². The Morgan fingerprint density at radius 2 is 2.07 bits per heavy atom. The van der Waals surface area contributed by atoms with Crippen LogP contribution >= 0.6 is 0 Å². The van der Waals surface area contributed by atoms with Crippen LogP contribution in [0.15, 0.2) is 23.2 Å². The second-order valence-electron chi connectivity index (χ2n) is 6.17. The Labute approximate surface area is 162 Å². The van der Waals surface area contributed by atoms with E-state index in [-0.39, 0.29) is 36.1 Å². The number of nitrogens with zero attached hydrogens (tertiary/aromatic N) is 2. The smallest absolute Gasteiger partial charge is 0.409 e. The first kappa shape index (κ1) is 21.5. The summed E-state index contributed by atoms with van der Waals surface area (Å²) in [6.07, 6.45) is 1.15. The summed E-state index contributed by atoms with van der Waals surface area (Å²) in [5, 5.41) is 3.12. The molecule has 0 atom stereocenters. The number of likely N-dealkylation sites (tertiary alicyclic amines) is 1. The monoisotopic (exact) mass is 400 g/mol. The van der Waals surface area contributed by atoms with E-state index < -0.39 is 6.61 Å². The van der Waals surface area contributed by atoms with Crippen molar-refractivity contribution in [3.8, 4) is 11.5 Å². The maximum atomic E-state index is 12.5. The van der Waals surface area contributed by atoms with Crippen molar-refractivity contribution in [1.29, 1.82) is 0 Å². The Bertz CT molecular complexity index is 680. The van der Waals surface area contributed by atoms with Crippen molar-refractivity contribution in [2.24, 2.45) is 10.7 Å². The van der Waals surface area contributed by atoms with E-state index in [1.54, 1.807) is 17.9 Å². The van der Waals surface area contributed by atoms with Gasteiger partial charge in [-0.05, 0) is 37.5 Å². The largest absolute Gasteiger partial charge is 0.493 e. The van der Waals surface area contributed by atoms with E-state index >= 15 is 0 Å². The van der Waals surface area contributed by atoms with Crippen LogP contribution in [0.1, 0.15) is 25.3 Å². The van der Waals surface area contributed by atoms with Gasteiger partial charge >= 0.3 is 12.7 Å². The van der Waals surface area contributed by atoms with Gasteiger partial charge < -0.3 is 30.2 Å². The second-order valence-corrected chi connectivity index (χ2v) is 6.17. The molecule has 1 aliphatic rings. The van der Waals surface area contributed by atoms with Gasteiger partial charge in [-0.1, -0.05) is 6.07 Å². The van der Waals surface area contributed by atoms with E-state index in [2.05, 4.69) is 15.0 Å². The van der Waals surface area contributed by atoms with Crippen LogP contribution in [-0.2, 0) is 11.3 Å². The Morgan fingerprint density at radius 3 is 2.68 bits per heavy atom. The number of ether oxygens (including phenoxy) is 3. The number of carbonyl (C=O) groups is 1. The molecule has 0 bridgehead atoms. The Balaban J connectivity index is 1.87. The third kappa shape index (κ3) is 6.43. The number of piperidine rings is 1. The number of hydrogen-bond acceptors (Lipinski definition) is 5. The highest BCUT2D eigenvalue weighted by Gasteiger charge is 2.23. The van der Waals surface area contributed by atoms with E-state index in [0.717, 1.165) is 12.8 Å². The first-order valence-corrected chi connectivity index (χ1v) is 9.02. The molecule has 28 heavy (non-hydrogen) atoms. The third-order valence-corrected chi connectivity index (χ3v) is 4.25. The molecule has 1 heterocycles. The molecule has 10 heteroatoms. The highest BCUT2D eigenvalue weighted by Crippen LogP contribution is 2.29. The molecule has 1 aromatic rings. The van der Waals surface area contributed by atoms with Crippen LogP contribution in [0, 0.1) is 0 Å². The number of hydrogen-bond donors (Lipinski definition) is 2. The lowest BCUT2D eigenvalue weighted by molar-refractivity contribution is -0.0512. The minimum atomic E-state index is -2.94. The predicted octanol–water partition coefficient (Wildman–Crippen LogP) is 2.32. The van der Waals surface area contributed by atoms with Crippen molar-refractivity contribution in [3.63, 3.8) is 0 Å². The van der Waals surface area contributed by atoms with Gasteiger partial charge in [0.15, 0.2) is 17.5 Å². The molecule has 3 N–H and O–H groups in total. The third-order valence-electron chi connectivity index (χ3n) is 4.25. The zero-order chi connectivity index (χ0) is 20.5. The van der Waals surface area contributed by atoms with Crippen molar-refractivity contribution in [2.45, 2.75) is 39.0 Å². The number of guanidine groups is 1. The van der Waals surface area contributed by atoms with Crippen LogP contribution in [0.2, 0.25) is 0 Å². The quantitative estimate of drug-likeness (QED) is 0.538. The number of aliphatic imine (C=N–C) groups is 1. The maximum Gasteiger partial charge on any atom is 0.409 e. The summed E-state index contributed by atoms with van der Waals surface area (Å²) in [7, 11) is 1.38. The van der Waals surface area contributed by atoms with Crippen LogP contribution in [0.3, 0.4) is 0 Å². The molecular formula is C18H26F2N4O4. The lowest BCUT2D eigenvalue weighted by atomic mass is 10.1. The molecule has 0 radical (unpaired) electrons. The molecule has 0 unspecified atom stereocenters. The maximum absolute atomic E-state index is 12.5. The van der Waals surface area contributed by atoms with Crippen molar-refractivity contribution in [2.75, 3.05) is 26.8 Å². The van der Waals surface area contributed by atoms with Crippen LogP contribution in [0.5, 0.6) is 11.5 Å². The SMILES string of the molecule is CCOC(=O)N1CCC(NC(N)=NCc2ccc(OC)c(OC(F)F)c2)CC1. The summed E-state index contributed by atoms with van der Waals surface area (Å²) < 4.78 is 39.4. The summed E-state index contributed by atoms with van der Waals surface area (Å²) in [5.41, 5.74) is 6.58. The van der Waals surface area contributed by atoms with Gasteiger partial charge in [-0.3, -0.25) is 0 Å². The lowest BCUT2D eigenvalue weighted by Gasteiger charge is -2.31. The number of carbonyl (C=O) groups excluding carboxylic acids is 1. The molecule has 1 aromatic carbocycles. The van der Waals surface area contributed by atoms with Gasteiger partial charge in [0.2, 0.25) is 0 Å². The molecule has 1 saturated heterocycles. The van der Waals surface area contributed by atoms with Gasteiger partial charge in [-0.25, -0.2) is 9.79 Å². The number of halogens is 2. The number of nitrogens with two attached hydrogens (primary N) is 1. The van der Waals surface area contributed by atoms with Gasteiger partial charge in [0.05, 0.1) is 20.3 Å². The van der Waals surface area contributed by atoms with Crippen molar-refractivity contribution in [3.05, 3.63) is 23.8 Å². The molecular weight excluding hydrogens is 374 g/mol. The Morgan fingerprint density at radius 1 is 1.36 bits per heavy atom. The van der Waals surface area contributed by atoms with Crippen molar-refractivity contribution >= 4 is 12.1 Å². The number of nitrogens with one attached hydrogen (secondary N) is 1. The molecule has 0 aromatic heterocycles. The summed E-state index contributed by atoms with van der Waals surface area (Å²) >= 11 is 0. The summed E-state index contributed by atoms with van der Waals surface area (Å²) in [4.78, 5) is 17.6. The highest BCUT2D eigenvalue weighted by atomic mass is 19.3. The van der Waals surface area contributed by atoms with E-state index in [1.165, 1.54) is 19.2 Å². The van der Waals surface area contributed by atoms with Gasteiger partial charge in [0, 0.05) is 19.1 Å². The zero-order valence-corrected chi connectivity index (χ0v) is 16.0. The number of rotatable bonds is 7. The molecule has 1 aliphatic heterocycles. The Hall–Kier alpha value is -2.78. The summed E-state index contributed by atoms with van der Waals surface area (Å²) in [6.45, 7) is 0.540. The van der Waals surface area contributed by atoms with Crippen LogP contribution < -0.4 is 20.5 Å². The number of alkyl halides is 2. The second kappa shape index (κ2) is 10.5. The lowest BCUT2D eigenvalue weighted by Crippen LogP contribution is -2.48. The van der Waals surface area contributed by atoms with E-state index in [4.69, 9.17) is 15.2 Å². The van der Waals surface area contributed by atoms with Crippen molar-refractivity contribution in [1.82, 2.24) is 10.2 Å². The fraction of sp³-hybridized carbons (Fsp3) is 0.556. The van der Waals surface area contributed by atoms with Crippen LogP contribution in [-0.4, -0.2) is 56.4 Å². The number of amides is 1. The van der Waals surface area contributed by atoms with Gasteiger partial charge in [-0.2, -0.15) is 8.78 Å². The minimum Gasteiger partial charge on any atom is -0.493 e. The molecule has 1 amide bonds. The topological polar surface area (TPSA) is 98.4 Å². The molecule has 0 saturated carbocycles. The molecule has 1 fully saturated rings. The molecule has 2 rings (SSSR count). The normalized spacial score (nSPS) is 15.5. The van der Waals surface area contributed by atoms with Gasteiger partial charge in [0.25, 0.3) is 0 Å². The van der Waals surface area contributed by atoms with E-state index in [1.807, 2.05) is 0 Å². The zero-order valence-electron chi connectivity index (χ0n) is 16.0. The fourth-order valence-corrected chi connectivity index (χ4v) is 2.86. The summed E-state index contributed by atoms with van der Waals surface area (Å²) in [6, 6.07) is 4.78. The Kier molecular flexibility index (Phi) is 8.09. The molecule has 8 nitrogen and oxygen atoms in total. The van der Waals surface area contributed by atoms with E-state index in [0.29, 0.717) is 25.3 Å². The number of benzene rings is 1. The highest BCUT2D eigenvalue weighted by molar-refractivity contribution is 5.78. The van der Waals surface area contributed by atoms with Crippen LogP contribution in [0.4, 0.5) is 13.6 Å². The molecule has 156 valence electrons. The summed E-state index contributed by atoms with van der Waals surface area (Å²) in [5.74, 6) is 0.414. The first-order valence-electron chi connectivity index (χ1n) is 9.02. The van der Waals surface area contributed by atoms with Crippen molar-refractivity contribution < 1.29 is 27.8 Å². The van der Waals surface area contributed by atoms with E-state index in [9.17, 15) is 13.6 Å². The van der Waals surface area contributed by atoms with Gasteiger partial charge in [0.1, 0.15) is 0 Å². The molecule has 0 spiro atoms. The standard InChI is InChI=1S/C18H26F2N4O4/c1-3-27-18(25)24-8-6-13(7-9-24)23-17(21)22-11-12-4-5-14(26-2)15(10-12)28-16(19)20/h4-5,10,13,16H,3,6-9,11H2,1-2H3,(H3,21,22,23). The average molecular weight is 400 g/mol. The first-order chi connectivity index (χ1) is 13.4. The molecule has 0 aliphatic carbocycles. The fourth-order valence-electron chi connectivity index (χ4n) is 2.86. The predicted molar refractivity (Wildman–Crippen MR) is 99.7 cm³/mol. The van der Waals surface area contributed by atoms with Crippen LogP contribution in [0.25, 0.3) is 0 Å². The minimum absolute atomic E-state index is 0.0527. The number of methoxy groups -OCH3 is 1.